The molecular formula is H3NaO7S2. The van der Waals surface area contributed by atoms with Crippen LogP contribution >= 0.6 is 0 Å². The molecule has 0 aromatic heterocycles. The predicted molar refractivity (Wildman–Crippen MR) is 31.9 cm³/mol. The molecule has 0 radical (unpaired) electrons. The molecule has 0 heterocycles. The van der Waals surface area contributed by atoms with Crippen molar-refractivity contribution in [2.45, 2.75) is 0 Å². The Hall–Kier alpha value is 1.10. The second-order valence-corrected chi connectivity index (χ2v) is 1.78. The molecule has 10 heavy (non-hydrogen) atoms. The van der Waals surface area contributed by atoms with Crippen molar-refractivity contribution >= 4 is 52.3 Å². The summed E-state index contributed by atoms with van der Waals surface area (Å²) < 4.78 is 41.0. The van der Waals surface area contributed by atoms with Crippen molar-refractivity contribution in [3.05, 3.63) is 0 Å². The molecule has 7 nitrogen and oxygen atoms in total. The first kappa shape index (κ1) is 13.7. The van der Waals surface area contributed by atoms with Gasteiger partial charge in [0.15, 0.2) is 0 Å². The van der Waals surface area contributed by atoms with Gasteiger partial charge in [-0.25, -0.2) is 0 Å². The van der Waals surface area contributed by atoms with Crippen LogP contribution in [-0.2, 0) is 36.4 Å². The standard InChI is InChI=1S/Na.H2O7S2.H/c;1-8(2)6-5-7-9(3)4;/h;(H,1,2)(H,3,4);. The van der Waals surface area contributed by atoms with Crippen LogP contribution in [0.3, 0.4) is 0 Å². The molecule has 0 aromatic carbocycles. The van der Waals surface area contributed by atoms with Crippen molar-refractivity contribution in [2.24, 2.45) is 0 Å². The van der Waals surface area contributed by atoms with E-state index in [0.717, 1.165) is 0 Å². The van der Waals surface area contributed by atoms with Gasteiger partial charge in [0.25, 0.3) is 0 Å². The Morgan fingerprint density at radius 3 is 1.50 bits per heavy atom. The normalized spacial score (nSPS) is 15.4. The molecule has 2 atom stereocenters. The molecule has 2 unspecified atom stereocenters. The Morgan fingerprint density at radius 2 is 1.30 bits per heavy atom. The van der Waals surface area contributed by atoms with Gasteiger partial charge in [0.1, 0.15) is 0 Å². The van der Waals surface area contributed by atoms with Crippen molar-refractivity contribution in [1.29, 1.82) is 0 Å². The van der Waals surface area contributed by atoms with Crippen LogP contribution in [0, 0.1) is 0 Å². The van der Waals surface area contributed by atoms with Crippen molar-refractivity contribution in [1.82, 2.24) is 0 Å². The van der Waals surface area contributed by atoms with Gasteiger partial charge < -0.3 is 0 Å². The Labute approximate surface area is 83.2 Å². The zero-order valence-corrected chi connectivity index (χ0v) is 5.39. The fraction of sp³-hybridized carbons (Fsp3) is 0. The van der Waals surface area contributed by atoms with E-state index >= 15 is 0 Å². The molecule has 0 rings (SSSR count). The van der Waals surface area contributed by atoms with Crippen LogP contribution in [-0.4, -0.2) is 47.1 Å². The maximum atomic E-state index is 9.48. The van der Waals surface area contributed by atoms with Crippen LogP contribution in [0.4, 0.5) is 0 Å². The average Bonchev–Trinajstić information content (AvgIpc) is 1.63. The van der Waals surface area contributed by atoms with Gasteiger partial charge in [0, 0.05) is 0 Å². The van der Waals surface area contributed by atoms with Gasteiger partial charge in [0.2, 0.25) is 0 Å². The van der Waals surface area contributed by atoms with E-state index in [1.54, 1.807) is 0 Å². The molecule has 0 aliphatic heterocycles. The Balaban J connectivity index is 0. The molecular weight excluding hydrogens is 199 g/mol. The zero-order chi connectivity index (χ0) is 7.28. The molecule has 0 spiro atoms. The van der Waals surface area contributed by atoms with Gasteiger partial charge in [-0.1, -0.05) is 8.67 Å². The summed E-state index contributed by atoms with van der Waals surface area (Å²) >= 11 is -5.35. The van der Waals surface area contributed by atoms with Crippen molar-refractivity contribution in [2.75, 3.05) is 0 Å². The third kappa shape index (κ3) is 11.8. The third-order valence-corrected chi connectivity index (χ3v) is 0.516. The van der Waals surface area contributed by atoms with Crippen LogP contribution in [0.25, 0.3) is 0 Å². The molecule has 10 heteroatoms. The minimum atomic E-state index is -2.67. The molecule has 0 bridgehead atoms. The van der Waals surface area contributed by atoms with Crippen LogP contribution in [0.2, 0.25) is 0 Å². The Kier molecular flexibility index (Phi) is 11.2. The van der Waals surface area contributed by atoms with E-state index in [1.165, 1.54) is 0 Å². The summed E-state index contributed by atoms with van der Waals surface area (Å²) in [7, 11) is 0. The van der Waals surface area contributed by atoms with Gasteiger partial charge in [-0.05, 0) is 5.04 Å². The van der Waals surface area contributed by atoms with Gasteiger partial charge in [-0.2, -0.15) is 8.42 Å². The van der Waals surface area contributed by atoms with E-state index in [2.05, 4.69) is 13.7 Å². The van der Waals surface area contributed by atoms with Crippen LogP contribution in [0.5, 0.6) is 0 Å². The van der Waals surface area contributed by atoms with E-state index in [0.29, 0.717) is 0 Å². The first-order valence-electron chi connectivity index (χ1n) is 1.37. The predicted octanol–water partition coefficient (Wildman–Crippen LogP) is -1.51. The Bertz CT molecular complexity index is 107. The molecule has 0 aromatic rings. The second kappa shape index (κ2) is 8.20. The first-order chi connectivity index (χ1) is 4.13. The SMILES string of the molecule is O=S(O)OOOS(=O)O.[NaH]. The fourth-order valence-electron chi connectivity index (χ4n) is 0.0589. The Morgan fingerprint density at radius 1 is 1.00 bits per heavy atom. The summed E-state index contributed by atoms with van der Waals surface area (Å²) in [6, 6.07) is 0. The molecule has 0 fully saturated rings. The molecule has 2 N–H and O–H groups in total. The van der Waals surface area contributed by atoms with Gasteiger partial charge in [-0.15, -0.1) is 0 Å². The maximum absolute atomic E-state index is 9.48. The summed E-state index contributed by atoms with van der Waals surface area (Å²) in [4.78, 5) is 0. The molecule has 0 saturated carbocycles. The van der Waals surface area contributed by atoms with Crippen molar-refractivity contribution in [3.8, 4) is 0 Å². The van der Waals surface area contributed by atoms with Crippen LogP contribution in [0.1, 0.15) is 0 Å². The molecule has 58 valence electrons. The quantitative estimate of drug-likeness (QED) is 0.247. The average molecular weight is 202 g/mol. The molecule has 0 aliphatic carbocycles. The van der Waals surface area contributed by atoms with Crippen LogP contribution in [0.15, 0.2) is 0 Å². The van der Waals surface area contributed by atoms with Gasteiger partial charge in [0.05, 0.1) is 0 Å². The number of hydrogen-bond donors (Lipinski definition) is 2. The van der Waals surface area contributed by atoms with Crippen LogP contribution < -0.4 is 0 Å². The van der Waals surface area contributed by atoms with E-state index in [1.807, 2.05) is 0 Å². The first-order valence-corrected chi connectivity index (χ1v) is 3.43. The van der Waals surface area contributed by atoms with Gasteiger partial charge >= 0.3 is 52.3 Å². The molecule has 0 amide bonds. The molecule has 0 aliphatic rings. The second-order valence-electron chi connectivity index (χ2n) is 0.638. The minimum absolute atomic E-state index is 0. The van der Waals surface area contributed by atoms with Gasteiger partial charge in [-0.3, -0.25) is 9.11 Å². The van der Waals surface area contributed by atoms with E-state index in [-0.39, 0.29) is 29.6 Å². The summed E-state index contributed by atoms with van der Waals surface area (Å²) in [6.07, 6.45) is 0. The topological polar surface area (TPSA) is 102 Å². The van der Waals surface area contributed by atoms with E-state index in [4.69, 9.17) is 9.11 Å². The van der Waals surface area contributed by atoms with Crippen molar-refractivity contribution in [3.63, 3.8) is 0 Å². The summed E-state index contributed by atoms with van der Waals surface area (Å²) in [6.45, 7) is 0. The van der Waals surface area contributed by atoms with Crippen molar-refractivity contribution < 1.29 is 31.2 Å². The van der Waals surface area contributed by atoms with E-state index < -0.39 is 22.7 Å². The molecule has 0 saturated heterocycles. The summed E-state index contributed by atoms with van der Waals surface area (Å²) in [5.41, 5.74) is 0. The summed E-state index contributed by atoms with van der Waals surface area (Å²) in [5.74, 6) is 0. The monoisotopic (exact) mass is 202 g/mol. The number of rotatable bonds is 4. The summed E-state index contributed by atoms with van der Waals surface area (Å²) in [5, 5.41) is 3.26. The van der Waals surface area contributed by atoms with E-state index in [9.17, 15) is 8.42 Å². The number of hydrogen-bond acceptors (Lipinski definition) is 5. The zero-order valence-electron chi connectivity index (χ0n) is 3.75. The fourth-order valence-corrected chi connectivity index (χ4v) is 0.245. The third-order valence-electron chi connectivity index (χ3n) is 0.172.